The van der Waals surface area contributed by atoms with Crippen molar-refractivity contribution in [1.82, 2.24) is 15.0 Å². The summed E-state index contributed by atoms with van der Waals surface area (Å²) in [6.45, 7) is 2.13. The van der Waals surface area contributed by atoms with Gasteiger partial charge in [-0.1, -0.05) is 13.3 Å². The van der Waals surface area contributed by atoms with Gasteiger partial charge in [0.2, 0.25) is 4.77 Å². The van der Waals surface area contributed by atoms with Crippen LogP contribution >= 0.6 is 12.2 Å². The minimum atomic E-state index is 0.335. The predicted molar refractivity (Wildman–Crippen MR) is 52.4 cm³/mol. The molecule has 0 saturated carbocycles. The topological polar surface area (TPSA) is 50.8 Å². The van der Waals surface area contributed by atoms with Crippen molar-refractivity contribution in [2.24, 2.45) is 0 Å². The molecule has 5 heteroatoms. The molecule has 0 saturated heterocycles. The van der Waals surface area contributed by atoms with Crippen LogP contribution in [-0.4, -0.2) is 22.1 Å². The molecule has 13 heavy (non-hydrogen) atoms. The molecule has 0 radical (unpaired) electrons. The fraction of sp³-hybridized carbons (Fsp3) is 0.625. The first-order valence-electron chi connectivity index (χ1n) is 4.27. The first-order chi connectivity index (χ1) is 6.26. The Labute approximate surface area is 82.4 Å². The summed E-state index contributed by atoms with van der Waals surface area (Å²) in [5.41, 5.74) is 0. The van der Waals surface area contributed by atoms with Gasteiger partial charge < -0.3 is 4.74 Å². The number of rotatable bonds is 4. The third-order valence-electron chi connectivity index (χ3n) is 1.64. The summed E-state index contributed by atoms with van der Waals surface area (Å²) in [5.74, 6) is 0.846. The normalized spacial score (nSPS) is 10.0. The molecule has 1 N–H and O–H groups in total. The molecule has 0 bridgehead atoms. The van der Waals surface area contributed by atoms with Crippen molar-refractivity contribution in [3.63, 3.8) is 0 Å². The van der Waals surface area contributed by atoms with Crippen molar-refractivity contribution < 1.29 is 4.74 Å². The molecule has 0 amide bonds. The van der Waals surface area contributed by atoms with E-state index >= 15 is 0 Å². The number of aromatic amines is 1. The van der Waals surface area contributed by atoms with E-state index in [-0.39, 0.29) is 0 Å². The summed E-state index contributed by atoms with van der Waals surface area (Å²) in [6, 6.07) is 0.436. The zero-order valence-corrected chi connectivity index (χ0v) is 8.65. The third kappa shape index (κ3) is 3.10. The lowest BCUT2D eigenvalue weighted by Crippen LogP contribution is -2.01. The second kappa shape index (κ2) is 4.91. The Kier molecular flexibility index (Phi) is 3.82. The van der Waals surface area contributed by atoms with Gasteiger partial charge in [0.1, 0.15) is 5.82 Å². The van der Waals surface area contributed by atoms with Gasteiger partial charge >= 0.3 is 0 Å². The molecule has 0 aliphatic carbocycles. The number of aryl methyl sites for hydroxylation is 1. The number of unbranched alkanes of at least 4 members (excludes halogenated alkanes) is 1. The molecule has 0 fully saturated rings. The average molecular weight is 199 g/mol. The third-order valence-corrected chi connectivity index (χ3v) is 1.82. The summed E-state index contributed by atoms with van der Waals surface area (Å²) in [6.07, 6.45) is 3.11. The van der Waals surface area contributed by atoms with E-state index in [0.717, 1.165) is 25.1 Å². The Bertz CT molecular complexity index is 323. The fourth-order valence-electron chi connectivity index (χ4n) is 0.966. The van der Waals surface area contributed by atoms with E-state index in [1.165, 1.54) is 0 Å². The molecule has 72 valence electrons. The maximum absolute atomic E-state index is 4.94. The van der Waals surface area contributed by atoms with Crippen molar-refractivity contribution in [3.8, 4) is 6.01 Å². The molecule has 0 aliphatic heterocycles. The van der Waals surface area contributed by atoms with E-state index in [0.29, 0.717) is 10.8 Å². The lowest BCUT2D eigenvalue weighted by atomic mass is 10.2. The first kappa shape index (κ1) is 10.1. The van der Waals surface area contributed by atoms with Crippen LogP contribution < -0.4 is 4.74 Å². The Morgan fingerprint density at radius 2 is 2.23 bits per heavy atom. The van der Waals surface area contributed by atoms with Gasteiger partial charge in [-0.3, -0.25) is 4.98 Å². The van der Waals surface area contributed by atoms with Crippen molar-refractivity contribution in [3.05, 3.63) is 10.6 Å². The van der Waals surface area contributed by atoms with Gasteiger partial charge in [-0.15, -0.1) is 0 Å². The molecule has 1 aromatic rings. The van der Waals surface area contributed by atoms with E-state index < -0.39 is 0 Å². The number of nitrogens with one attached hydrogen (secondary N) is 1. The van der Waals surface area contributed by atoms with Crippen molar-refractivity contribution >= 4 is 12.2 Å². The van der Waals surface area contributed by atoms with Gasteiger partial charge in [0, 0.05) is 6.42 Å². The lowest BCUT2D eigenvalue weighted by molar-refractivity contribution is 0.374. The van der Waals surface area contributed by atoms with Gasteiger partial charge in [-0.25, -0.2) is 4.98 Å². The second-order valence-electron chi connectivity index (χ2n) is 2.69. The van der Waals surface area contributed by atoms with Gasteiger partial charge in [0.05, 0.1) is 7.11 Å². The number of ether oxygens (including phenoxy) is 1. The van der Waals surface area contributed by atoms with Crippen LogP contribution in [0.3, 0.4) is 0 Å². The molecule has 0 atom stereocenters. The van der Waals surface area contributed by atoms with Gasteiger partial charge in [-0.05, 0) is 18.6 Å². The molecule has 4 nitrogen and oxygen atoms in total. The van der Waals surface area contributed by atoms with Gasteiger partial charge in [-0.2, -0.15) is 4.98 Å². The average Bonchev–Trinajstić information content (AvgIpc) is 2.14. The zero-order valence-electron chi connectivity index (χ0n) is 7.83. The van der Waals surface area contributed by atoms with Crippen LogP contribution in [0.1, 0.15) is 25.6 Å². The molecule has 1 rings (SSSR count). The summed E-state index contributed by atoms with van der Waals surface area (Å²) < 4.78 is 5.28. The van der Waals surface area contributed by atoms with Crippen LogP contribution in [0.25, 0.3) is 0 Å². The summed E-state index contributed by atoms with van der Waals surface area (Å²) in [7, 11) is 1.55. The largest absolute Gasteiger partial charge is 0.468 e. The van der Waals surface area contributed by atoms with E-state index in [1.807, 2.05) is 0 Å². The number of hydrogen-bond acceptors (Lipinski definition) is 4. The minimum Gasteiger partial charge on any atom is -0.468 e. The Hall–Kier alpha value is -0.970. The molecule has 0 aromatic carbocycles. The van der Waals surface area contributed by atoms with Crippen LogP contribution in [0.15, 0.2) is 0 Å². The quantitative estimate of drug-likeness (QED) is 0.752. The van der Waals surface area contributed by atoms with Gasteiger partial charge in [0.25, 0.3) is 6.01 Å². The highest BCUT2D eigenvalue weighted by molar-refractivity contribution is 7.71. The summed E-state index contributed by atoms with van der Waals surface area (Å²) >= 11 is 4.88. The number of H-pyrrole nitrogens is 1. The lowest BCUT2D eigenvalue weighted by Gasteiger charge is -2.02. The molecule has 0 aliphatic rings. The molecule has 0 spiro atoms. The number of methoxy groups -OCH3 is 1. The second-order valence-corrected chi connectivity index (χ2v) is 3.06. The number of nitrogens with zero attached hydrogens (tertiary/aromatic N) is 2. The monoisotopic (exact) mass is 199 g/mol. The van der Waals surface area contributed by atoms with E-state index in [4.69, 9.17) is 17.0 Å². The molecular weight excluding hydrogens is 186 g/mol. The van der Waals surface area contributed by atoms with Gasteiger partial charge in [0.15, 0.2) is 0 Å². The maximum atomic E-state index is 4.94. The van der Waals surface area contributed by atoms with Crippen molar-refractivity contribution in [2.45, 2.75) is 26.2 Å². The molecule has 1 aromatic heterocycles. The van der Waals surface area contributed by atoms with Crippen LogP contribution in [-0.2, 0) is 6.42 Å². The smallest absolute Gasteiger partial charge is 0.297 e. The molecular formula is C8H13N3OS. The molecule has 1 heterocycles. The Balaban J connectivity index is 2.82. The Morgan fingerprint density at radius 1 is 1.46 bits per heavy atom. The van der Waals surface area contributed by atoms with Crippen molar-refractivity contribution in [1.29, 1.82) is 0 Å². The number of hydrogen-bond donors (Lipinski definition) is 1. The minimum absolute atomic E-state index is 0.335. The van der Waals surface area contributed by atoms with Crippen LogP contribution in [0.2, 0.25) is 0 Å². The molecule has 0 unspecified atom stereocenters. The number of aromatic nitrogens is 3. The highest BCUT2D eigenvalue weighted by Gasteiger charge is 1.99. The predicted octanol–water partition coefficient (Wildman–Crippen LogP) is 1.89. The maximum Gasteiger partial charge on any atom is 0.297 e. The van der Waals surface area contributed by atoms with Crippen LogP contribution in [0.5, 0.6) is 6.01 Å². The van der Waals surface area contributed by atoms with Crippen LogP contribution in [0.4, 0.5) is 0 Å². The standard InChI is InChI=1S/C8H13N3OS/c1-3-4-5-6-9-7(12-2)11-8(13)10-6/h3-5H2,1-2H3,(H,9,10,11,13). The van der Waals surface area contributed by atoms with E-state index in [2.05, 4.69) is 21.9 Å². The first-order valence-corrected chi connectivity index (χ1v) is 4.68. The van der Waals surface area contributed by atoms with E-state index in [1.54, 1.807) is 7.11 Å². The highest BCUT2D eigenvalue weighted by Crippen LogP contribution is 2.03. The summed E-state index contributed by atoms with van der Waals surface area (Å²) in [4.78, 5) is 10.9. The summed E-state index contributed by atoms with van der Waals surface area (Å²) in [5, 5.41) is 0. The zero-order chi connectivity index (χ0) is 9.68. The highest BCUT2D eigenvalue weighted by atomic mass is 32.1. The Morgan fingerprint density at radius 3 is 2.85 bits per heavy atom. The fourth-order valence-corrected chi connectivity index (χ4v) is 1.16. The van der Waals surface area contributed by atoms with E-state index in [9.17, 15) is 0 Å². The van der Waals surface area contributed by atoms with Crippen molar-refractivity contribution in [2.75, 3.05) is 7.11 Å². The van der Waals surface area contributed by atoms with Crippen LogP contribution in [0, 0.1) is 4.77 Å². The SMILES string of the molecule is CCCCc1nc(=S)nc(OC)[nH]1.